The molecule has 2 aliphatic rings. The van der Waals surface area contributed by atoms with Crippen molar-refractivity contribution in [3.05, 3.63) is 74.8 Å². The maximum Gasteiger partial charge on any atom is 0.341 e. The van der Waals surface area contributed by atoms with Gasteiger partial charge >= 0.3 is 5.97 Å². The Bertz CT molecular complexity index is 1190. The average molecular weight is 378 g/mol. The molecule has 1 fully saturated rings. The fourth-order valence-electron chi connectivity index (χ4n) is 4.34. The number of rotatable bonds is 3. The molecule has 0 unspecified atom stereocenters. The predicted molar refractivity (Wildman–Crippen MR) is 104 cm³/mol. The van der Waals surface area contributed by atoms with Gasteiger partial charge in [0.25, 0.3) is 0 Å². The third kappa shape index (κ3) is 2.44. The zero-order valence-electron chi connectivity index (χ0n) is 15.4. The van der Waals surface area contributed by atoms with Crippen LogP contribution >= 0.6 is 0 Å². The van der Waals surface area contributed by atoms with E-state index in [1.807, 2.05) is 40.7 Å². The lowest BCUT2D eigenvalue weighted by molar-refractivity contribution is 0.0695. The summed E-state index contributed by atoms with van der Waals surface area (Å²) in [5.74, 6) is -1.77. The fourth-order valence-corrected chi connectivity index (χ4v) is 4.34. The molecule has 6 heteroatoms. The average Bonchev–Trinajstić information content (AvgIpc) is 3.41. The molecule has 142 valence electrons. The highest BCUT2D eigenvalue weighted by molar-refractivity contribution is 5.95. The molecule has 1 N–H and O–H groups in total. The minimum atomic E-state index is -1.28. The Balaban J connectivity index is 1.75. The van der Waals surface area contributed by atoms with Crippen LogP contribution < -0.4 is 10.3 Å². The van der Waals surface area contributed by atoms with Gasteiger partial charge in [0.05, 0.1) is 11.2 Å². The number of hydrogen-bond donors (Lipinski definition) is 1. The lowest BCUT2D eigenvalue weighted by Gasteiger charge is -2.24. The van der Waals surface area contributed by atoms with Gasteiger partial charge in [-0.15, -0.1) is 0 Å². The zero-order chi connectivity index (χ0) is 19.6. The largest absolute Gasteiger partial charge is 0.477 e. The van der Waals surface area contributed by atoms with Gasteiger partial charge in [-0.2, -0.15) is 0 Å². The summed E-state index contributed by atoms with van der Waals surface area (Å²) in [6, 6.07) is 9.42. The molecule has 1 saturated carbocycles. The van der Waals surface area contributed by atoms with Gasteiger partial charge in [0.15, 0.2) is 0 Å². The number of halogens is 1. The van der Waals surface area contributed by atoms with Crippen molar-refractivity contribution in [3.8, 4) is 0 Å². The number of hydrogen-bond acceptors (Lipinski definition) is 3. The van der Waals surface area contributed by atoms with Gasteiger partial charge in [0, 0.05) is 30.7 Å². The molecule has 0 radical (unpaired) electrons. The molecule has 28 heavy (non-hydrogen) atoms. The van der Waals surface area contributed by atoms with Crippen molar-refractivity contribution in [2.45, 2.75) is 38.9 Å². The van der Waals surface area contributed by atoms with E-state index >= 15 is 4.39 Å². The Morgan fingerprint density at radius 3 is 2.39 bits per heavy atom. The van der Waals surface area contributed by atoms with E-state index in [4.69, 9.17) is 0 Å². The molecule has 0 amide bonds. The summed E-state index contributed by atoms with van der Waals surface area (Å²) in [6.07, 6.45) is 3.29. The van der Waals surface area contributed by atoms with E-state index in [1.165, 1.54) is 23.4 Å². The van der Waals surface area contributed by atoms with Gasteiger partial charge in [-0.25, -0.2) is 9.18 Å². The van der Waals surface area contributed by atoms with Crippen LogP contribution in [0.2, 0.25) is 0 Å². The topological polar surface area (TPSA) is 62.5 Å². The van der Waals surface area contributed by atoms with Crippen molar-refractivity contribution < 1.29 is 14.3 Å². The summed E-state index contributed by atoms with van der Waals surface area (Å²) >= 11 is 0. The molecule has 0 bridgehead atoms. The molecular formula is C22H19FN2O3. The molecule has 0 atom stereocenters. The summed E-state index contributed by atoms with van der Waals surface area (Å²) in [5, 5.41) is 9.54. The second-order valence-electron chi connectivity index (χ2n) is 7.67. The lowest BCUT2D eigenvalue weighted by atomic mass is 10.0. The molecule has 1 aliphatic heterocycles. The standard InChI is InChI=1S/C22H19FN2O3/c1-12-19-16(21(26)17(22(27)28)11-25(19)15-6-7-15)8-18(23)20(12)24-9-13-4-2-3-5-14(13)10-24/h2-5,8,11,15H,6-7,9-10H2,1H3,(H,27,28). The number of carbonyl (C=O) groups is 1. The SMILES string of the molecule is Cc1c(N2Cc3ccccc3C2)c(F)cc2c(=O)c(C(=O)O)cn(C3CC3)c12. The highest BCUT2D eigenvalue weighted by Crippen LogP contribution is 2.41. The third-order valence-corrected chi connectivity index (χ3v) is 5.81. The van der Waals surface area contributed by atoms with E-state index in [2.05, 4.69) is 0 Å². The van der Waals surface area contributed by atoms with E-state index in [0.29, 0.717) is 29.9 Å². The minimum Gasteiger partial charge on any atom is -0.477 e. The second kappa shape index (κ2) is 5.92. The lowest BCUT2D eigenvalue weighted by Crippen LogP contribution is -2.22. The summed E-state index contributed by atoms with van der Waals surface area (Å²) in [6.45, 7) is 3.04. The van der Waals surface area contributed by atoms with Crippen molar-refractivity contribution in [3.63, 3.8) is 0 Å². The second-order valence-corrected chi connectivity index (χ2v) is 7.67. The van der Waals surface area contributed by atoms with E-state index in [-0.39, 0.29) is 17.0 Å². The van der Waals surface area contributed by atoms with Gasteiger partial charge in [-0.05, 0) is 42.5 Å². The van der Waals surface area contributed by atoms with Crippen molar-refractivity contribution >= 4 is 22.6 Å². The number of pyridine rings is 1. The fraction of sp³-hybridized carbons (Fsp3) is 0.273. The maximum absolute atomic E-state index is 15.2. The molecule has 2 heterocycles. The molecule has 1 aromatic heterocycles. The molecule has 0 saturated heterocycles. The normalized spacial score (nSPS) is 15.9. The number of aromatic carboxylic acids is 1. The summed E-state index contributed by atoms with van der Waals surface area (Å²) in [4.78, 5) is 26.2. The van der Waals surface area contributed by atoms with Gasteiger partial charge in [-0.3, -0.25) is 4.79 Å². The monoisotopic (exact) mass is 378 g/mol. The number of anilines is 1. The van der Waals surface area contributed by atoms with Crippen LogP contribution in [0.4, 0.5) is 10.1 Å². The van der Waals surface area contributed by atoms with Gasteiger partial charge in [0.2, 0.25) is 5.43 Å². The number of fused-ring (bicyclic) bond motifs is 2. The number of aryl methyl sites for hydroxylation is 1. The summed E-state index contributed by atoms with van der Waals surface area (Å²) in [5.41, 5.74) is 3.22. The van der Waals surface area contributed by atoms with Gasteiger partial charge < -0.3 is 14.6 Å². The van der Waals surface area contributed by atoms with Crippen LogP contribution in [0, 0.1) is 12.7 Å². The predicted octanol–water partition coefficient (Wildman–Crippen LogP) is 4.00. The number of carboxylic acids is 1. The number of nitrogens with zero attached hydrogens (tertiary/aromatic N) is 2. The van der Waals surface area contributed by atoms with Crippen LogP contribution in [0.3, 0.4) is 0 Å². The Kier molecular flexibility index (Phi) is 3.59. The molecule has 5 rings (SSSR count). The molecule has 5 nitrogen and oxygen atoms in total. The first-order valence-electron chi connectivity index (χ1n) is 9.38. The van der Waals surface area contributed by atoms with Gasteiger partial charge in [0.1, 0.15) is 11.4 Å². The quantitative estimate of drug-likeness (QED) is 0.748. The first-order chi connectivity index (χ1) is 13.5. The molecule has 0 spiro atoms. The van der Waals surface area contributed by atoms with Crippen LogP contribution in [0.15, 0.2) is 41.3 Å². The smallest absolute Gasteiger partial charge is 0.341 e. The van der Waals surface area contributed by atoms with Gasteiger partial charge in [-0.1, -0.05) is 24.3 Å². The Morgan fingerprint density at radius 1 is 1.18 bits per heavy atom. The van der Waals surface area contributed by atoms with E-state index < -0.39 is 17.2 Å². The number of aromatic nitrogens is 1. The van der Waals surface area contributed by atoms with Crippen LogP contribution in [-0.4, -0.2) is 15.6 Å². The third-order valence-electron chi connectivity index (χ3n) is 5.81. The van der Waals surface area contributed by atoms with Crippen LogP contribution in [0.25, 0.3) is 10.9 Å². The highest BCUT2D eigenvalue weighted by Gasteiger charge is 2.30. The molecular weight excluding hydrogens is 359 g/mol. The Morgan fingerprint density at radius 2 is 1.82 bits per heavy atom. The highest BCUT2D eigenvalue weighted by atomic mass is 19.1. The van der Waals surface area contributed by atoms with Crippen molar-refractivity contribution in [2.24, 2.45) is 0 Å². The van der Waals surface area contributed by atoms with E-state index in [9.17, 15) is 14.7 Å². The molecule has 3 aromatic rings. The van der Waals surface area contributed by atoms with Crippen molar-refractivity contribution in [1.29, 1.82) is 0 Å². The minimum absolute atomic E-state index is 0.141. The first kappa shape index (κ1) is 17.0. The molecule has 2 aromatic carbocycles. The van der Waals surface area contributed by atoms with Crippen LogP contribution in [0.5, 0.6) is 0 Å². The first-order valence-corrected chi connectivity index (χ1v) is 9.38. The number of benzene rings is 2. The Labute approximate surface area is 160 Å². The number of carboxylic acid groups (broad SMARTS) is 1. The molecule has 1 aliphatic carbocycles. The zero-order valence-corrected chi connectivity index (χ0v) is 15.4. The maximum atomic E-state index is 15.2. The summed E-state index contributed by atoms with van der Waals surface area (Å²) < 4.78 is 17.0. The van der Waals surface area contributed by atoms with Crippen molar-refractivity contribution in [1.82, 2.24) is 4.57 Å². The van der Waals surface area contributed by atoms with E-state index in [0.717, 1.165) is 12.8 Å². The Hall–Kier alpha value is -3.15. The van der Waals surface area contributed by atoms with Crippen LogP contribution in [-0.2, 0) is 13.1 Å². The van der Waals surface area contributed by atoms with Crippen molar-refractivity contribution in [2.75, 3.05) is 4.90 Å². The summed E-state index contributed by atoms with van der Waals surface area (Å²) in [7, 11) is 0. The van der Waals surface area contributed by atoms with Crippen LogP contribution in [0.1, 0.15) is 45.9 Å². The van der Waals surface area contributed by atoms with E-state index in [1.54, 1.807) is 0 Å².